The fourth-order valence-electron chi connectivity index (χ4n) is 2.31. The molecular formula is C19H21NO3. The number of carbonyl (C=O) groups excluding carboxylic acids is 2. The number of carbonyl (C=O) groups is 2. The number of hydrogen-bond acceptors (Lipinski definition) is 3. The van der Waals surface area contributed by atoms with Crippen LogP contribution < -0.4 is 5.32 Å². The van der Waals surface area contributed by atoms with Gasteiger partial charge in [0, 0.05) is 12.0 Å². The van der Waals surface area contributed by atoms with Crippen LogP contribution in [0.3, 0.4) is 0 Å². The highest BCUT2D eigenvalue weighted by Gasteiger charge is 2.23. The molecule has 2 rings (SSSR count). The van der Waals surface area contributed by atoms with Gasteiger partial charge in [0.25, 0.3) is 5.91 Å². The molecule has 0 unspecified atom stereocenters. The van der Waals surface area contributed by atoms with Gasteiger partial charge in [0.05, 0.1) is 6.61 Å². The van der Waals surface area contributed by atoms with E-state index in [9.17, 15) is 9.59 Å². The van der Waals surface area contributed by atoms with Crippen LogP contribution in [0.2, 0.25) is 0 Å². The summed E-state index contributed by atoms with van der Waals surface area (Å²) in [5.41, 5.74) is 2.50. The Morgan fingerprint density at radius 3 is 2.48 bits per heavy atom. The highest BCUT2D eigenvalue weighted by molar-refractivity contribution is 5.97. The van der Waals surface area contributed by atoms with Gasteiger partial charge < -0.3 is 10.1 Å². The predicted molar refractivity (Wildman–Crippen MR) is 89.2 cm³/mol. The number of rotatable bonds is 6. The average molecular weight is 311 g/mol. The van der Waals surface area contributed by atoms with Gasteiger partial charge in [-0.2, -0.15) is 0 Å². The number of amides is 1. The molecule has 0 aromatic heterocycles. The smallest absolute Gasteiger partial charge is 0.328 e. The Hall–Kier alpha value is -2.62. The summed E-state index contributed by atoms with van der Waals surface area (Å²) in [5.74, 6) is -0.694. The van der Waals surface area contributed by atoms with Gasteiger partial charge in [0.15, 0.2) is 0 Å². The van der Waals surface area contributed by atoms with Crippen LogP contribution in [0.5, 0.6) is 0 Å². The summed E-state index contributed by atoms with van der Waals surface area (Å²) in [6.07, 6.45) is 0.400. The largest absolute Gasteiger partial charge is 0.464 e. The maximum absolute atomic E-state index is 12.4. The Bertz CT molecular complexity index is 667. The van der Waals surface area contributed by atoms with Crippen LogP contribution in [0.15, 0.2) is 54.6 Å². The molecule has 2 aromatic carbocycles. The molecule has 0 saturated heterocycles. The minimum Gasteiger partial charge on any atom is -0.464 e. The van der Waals surface area contributed by atoms with E-state index in [0.29, 0.717) is 12.0 Å². The monoisotopic (exact) mass is 311 g/mol. The molecule has 4 heteroatoms. The molecule has 23 heavy (non-hydrogen) atoms. The average Bonchev–Trinajstić information content (AvgIpc) is 2.55. The number of aryl methyl sites for hydroxylation is 1. The second-order valence-electron chi connectivity index (χ2n) is 5.34. The Balaban J connectivity index is 2.13. The molecule has 0 aliphatic carbocycles. The van der Waals surface area contributed by atoms with E-state index < -0.39 is 12.0 Å². The number of ether oxygens (including phenoxy) is 1. The standard InChI is InChI=1S/C19H21NO3/c1-3-23-19(22)17(13-15-9-5-4-6-10-15)20-18(21)16-11-7-8-14(2)12-16/h4-12,17H,3,13H2,1-2H3,(H,20,21)/t17-/m0/s1. The van der Waals surface area contributed by atoms with Crippen molar-refractivity contribution in [1.29, 1.82) is 0 Å². The topological polar surface area (TPSA) is 55.4 Å². The zero-order valence-electron chi connectivity index (χ0n) is 13.4. The zero-order chi connectivity index (χ0) is 16.7. The molecule has 0 heterocycles. The predicted octanol–water partition coefficient (Wildman–Crippen LogP) is 2.90. The van der Waals surface area contributed by atoms with Crippen LogP contribution in [0.1, 0.15) is 28.4 Å². The first-order valence-electron chi connectivity index (χ1n) is 7.68. The summed E-state index contributed by atoms with van der Waals surface area (Å²) < 4.78 is 5.08. The van der Waals surface area contributed by atoms with Gasteiger partial charge in [0.1, 0.15) is 6.04 Å². The highest BCUT2D eigenvalue weighted by Crippen LogP contribution is 2.08. The van der Waals surface area contributed by atoms with E-state index in [-0.39, 0.29) is 12.5 Å². The summed E-state index contributed by atoms with van der Waals surface area (Å²) in [4.78, 5) is 24.5. The molecule has 0 radical (unpaired) electrons. The third-order valence-electron chi connectivity index (χ3n) is 3.44. The molecule has 0 spiro atoms. The number of nitrogens with one attached hydrogen (secondary N) is 1. The van der Waals surface area contributed by atoms with Gasteiger partial charge in [-0.25, -0.2) is 4.79 Å². The first-order chi connectivity index (χ1) is 11.1. The molecular weight excluding hydrogens is 290 g/mol. The second-order valence-corrected chi connectivity index (χ2v) is 5.34. The van der Waals surface area contributed by atoms with Crippen LogP contribution >= 0.6 is 0 Å². The van der Waals surface area contributed by atoms with Crippen molar-refractivity contribution in [3.63, 3.8) is 0 Å². The molecule has 4 nitrogen and oxygen atoms in total. The first-order valence-corrected chi connectivity index (χ1v) is 7.68. The van der Waals surface area contributed by atoms with Gasteiger partial charge in [-0.15, -0.1) is 0 Å². The lowest BCUT2D eigenvalue weighted by Gasteiger charge is -2.17. The molecule has 0 aliphatic heterocycles. The highest BCUT2D eigenvalue weighted by atomic mass is 16.5. The zero-order valence-corrected chi connectivity index (χ0v) is 13.4. The van der Waals surface area contributed by atoms with E-state index in [0.717, 1.165) is 11.1 Å². The minimum absolute atomic E-state index is 0.275. The Labute approximate surface area is 136 Å². The lowest BCUT2D eigenvalue weighted by atomic mass is 10.0. The summed E-state index contributed by atoms with van der Waals surface area (Å²) >= 11 is 0. The van der Waals surface area contributed by atoms with Gasteiger partial charge in [0.2, 0.25) is 0 Å². The molecule has 0 aliphatic rings. The molecule has 120 valence electrons. The second kappa shape index (κ2) is 8.13. The fourth-order valence-corrected chi connectivity index (χ4v) is 2.31. The Morgan fingerprint density at radius 1 is 1.09 bits per heavy atom. The summed E-state index contributed by atoms with van der Waals surface area (Å²) in [6, 6.07) is 16.1. The van der Waals surface area contributed by atoms with Crippen LogP contribution in [-0.4, -0.2) is 24.5 Å². The third kappa shape index (κ3) is 4.95. The normalized spacial score (nSPS) is 11.6. The fraction of sp³-hybridized carbons (Fsp3) is 0.263. The van der Waals surface area contributed by atoms with Crippen LogP contribution in [0.25, 0.3) is 0 Å². The Morgan fingerprint density at radius 2 is 1.83 bits per heavy atom. The van der Waals surface area contributed by atoms with Gasteiger partial charge in [-0.05, 0) is 31.5 Å². The Kier molecular flexibility index (Phi) is 5.92. The van der Waals surface area contributed by atoms with E-state index in [4.69, 9.17) is 4.74 Å². The molecule has 1 N–H and O–H groups in total. The molecule has 0 bridgehead atoms. The molecule has 0 fully saturated rings. The minimum atomic E-state index is -0.703. The molecule has 1 amide bonds. The van der Waals surface area contributed by atoms with Crippen molar-refractivity contribution in [2.24, 2.45) is 0 Å². The van der Waals surface area contributed by atoms with Gasteiger partial charge in [-0.1, -0.05) is 48.0 Å². The lowest BCUT2D eigenvalue weighted by Crippen LogP contribution is -2.43. The van der Waals surface area contributed by atoms with E-state index in [1.54, 1.807) is 19.1 Å². The van der Waals surface area contributed by atoms with Crippen molar-refractivity contribution in [3.05, 3.63) is 71.3 Å². The SMILES string of the molecule is CCOC(=O)[C@H](Cc1ccccc1)NC(=O)c1cccc(C)c1. The molecule has 0 saturated carbocycles. The summed E-state index contributed by atoms with van der Waals surface area (Å²) in [7, 11) is 0. The van der Waals surface area contributed by atoms with Crippen molar-refractivity contribution in [2.75, 3.05) is 6.61 Å². The molecule has 2 aromatic rings. The van der Waals surface area contributed by atoms with E-state index in [1.807, 2.05) is 49.4 Å². The van der Waals surface area contributed by atoms with Crippen molar-refractivity contribution >= 4 is 11.9 Å². The van der Waals surface area contributed by atoms with E-state index in [1.165, 1.54) is 0 Å². The van der Waals surface area contributed by atoms with Crippen LogP contribution in [-0.2, 0) is 16.0 Å². The molecule has 1 atom stereocenters. The van der Waals surface area contributed by atoms with Crippen LogP contribution in [0.4, 0.5) is 0 Å². The number of benzene rings is 2. The maximum Gasteiger partial charge on any atom is 0.328 e. The number of esters is 1. The summed E-state index contributed by atoms with van der Waals surface area (Å²) in [6.45, 7) is 3.95. The number of hydrogen-bond donors (Lipinski definition) is 1. The van der Waals surface area contributed by atoms with Gasteiger partial charge in [-0.3, -0.25) is 4.79 Å². The lowest BCUT2D eigenvalue weighted by molar-refractivity contribution is -0.145. The van der Waals surface area contributed by atoms with Crippen molar-refractivity contribution in [1.82, 2.24) is 5.32 Å². The van der Waals surface area contributed by atoms with Crippen molar-refractivity contribution in [2.45, 2.75) is 26.3 Å². The van der Waals surface area contributed by atoms with E-state index >= 15 is 0 Å². The first kappa shape index (κ1) is 16.7. The third-order valence-corrected chi connectivity index (χ3v) is 3.44. The van der Waals surface area contributed by atoms with Crippen molar-refractivity contribution < 1.29 is 14.3 Å². The summed E-state index contributed by atoms with van der Waals surface area (Å²) in [5, 5.41) is 2.78. The maximum atomic E-state index is 12.4. The van der Waals surface area contributed by atoms with Gasteiger partial charge >= 0.3 is 5.97 Å². The quantitative estimate of drug-likeness (QED) is 0.835. The van der Waals surface area contributed by atoms with E-state index in [2.05, 4.69) is 5.32 Å². The van der Waals surface area contributed by atoms with Crippen molar-refractivity contribution in [3.8, 4) is 0 Å². The van der Waals surface area contributed by atoms with Crippen LogP contribution in [0, 0.1) is 6.92 Å².